The predicted octanol–water partition coefficient (Wildman–Crippen LogP) is 4.45. The van der Waals surface area contributed by atoms with Gasteiger partial charge in [0, 0.05) is 11.7 Å². The Kier molecular flexibility index (Phi) is 8.03. The van der Waals surface area contributed by atoms with E-state index in [0.717, 1.165) is 5.56 Å². The van der Waals surface area contributed by atoms with Gasteiger partial charge in [-0.2, -0.15) is 5.26 Å². The second-order valence-electron chi connectivity index (χ2n) is 6.97. The number of halogens is 2. The van der Waals surface area contributed by atoms with E-state index in [1.807, 2.05) is 0 Å². The Labute approximate surface area is 204 Å². The number of nitriles is 1. The smallest absolute Gasteiger partial charge is 0.337 e. The number of esters is 2. The van der Waals surface area contributed by atoms with Gasteiger partial charge in [-0.05, 0) is 35.4 Å². The van der Waals surface area contributed by atoms with E-state index in [0.29, 0.717) is 32.0 Å². The summed E-state index contributed by atoms with van der Waals surface area (Å²) in [6, 6.07) is 13.5. The Hall–Kier alpha value is -2.99. The van der Waals surface area contributed by atoms with Crippen molar-refractivity contribution in [1.82, 2.24) is 5.32 Å². The van der Waals surface area contributed by atoms with Crippen LogP contribution in [0, 0.1) is 17.2 Å². The standard InChI is InChI=1S/C23H18Cl2N2O5S/c1-31-22(29)14-6-4-13(5-7-14)18-15(10-26)21(27-20(28)19(18)23(30)32-2)33-11-12-3-8-16(24)17(25)9-12/h3-9,18-19H,11H2,1-2H3,(H,27,28)/t18-,19+/m1/s1. The summed E-state index contributed by atoms with van der Waals surface area (Å²) >= 11 is 13.3. The second-order valence-corrected chi connectivity index (χ2v) is 8.77. The summed E-state index contributed by atoms with van der Waals surface area (Å²) in [7, 11) is 2.44. The molecule has 2 aromatic rings. The fraction of sp³-hybridized carbons (Fsp3) is 0.217. The van der Waals surface area contributed by atoms with Gasteiger partial charge in [0.25, 0.3) is 0 Å². The first kappa shape index (κ1) is 24.6. The molecule has 10 heteroatoms. The third kappa shape index (κ3) is 5.33. The van der Waals surface area contributed by atoms with Gasteiger partial charge in [-0.3, -0.25) is 9.59 Å². The summed E-state index contributed by atoms with van der Waals surface area (Å²) in [5.41, 5.74) is 1.85. The van der Waals surface area contributed by atoms with E-state index in [4.69, 9.17) is 32.7 Å². The molecule has 2 atom stereocenters. The maximum Gasteiger partial charge on any atom is 0.337 e. The predicted molar refractivity (Wildman–Crippen MR) is 125 cm³/mol. The summed E-state index contributed by atoms with van der Waals surface area (Å²) in [4.78, 5) is 37.1. The Bertz CT molecular complexity index is 1170. The highest BCUT2D eigenvalue weighted by Crippen LogP contribution is 2.41. The van der Waals surface area contributed by atoms with Gasteiger partial charge in [-0.25, -0.2) is 4.79 Å². The first-order valence-electron chi connectivity index (χ1n) is 9.58. The number of rotatable bonds is 6. The van der Waals surface area contributed by atoms with E-state index in [1.54, 1.807) is 30.3 Å². The van der Waals surface area contributed by atoms with Crippen LogP contribution >= 0.6 is 35.0 Å². The SMILES string of the molecule is COC(=O)c1ccc([C@@H]2C(C#N)=C(SCc3ccc(Cl)c(Cl)c3)NC(=O)[C@H]2C(=O)OC)cc1. The van der Waals surface area contributed by atoms with Crippen LogP contribution in [0.1, 0.15) is 27.4 Å². The molecule has 1 heterocycles. The van der Waals surface area contributed by atoms with Gasteiger partial charge in [0.1, 0.15) is 5.92 Å². The molecule has 0 spiro atoms. The third-order valence-corrected chi connectivity index (χ3v) is 6.87. The Morgan fingerprint density at radius 2 is 1.79 bits per heavy atom. The van der Waals surface area contributed by atoms with Gasteiger partial charge in [-0.15, -0.1) is 11.8 Å². The van der Waals surface area contributed by atoms with E-state index >= 15 is 0 Å². The Morgan fingerprint density at radius 3 is 2.36 bits per heavy atom. The molecule has 0 radical (unpaired) electrons. The highest BCUT2D eigenvalue weighted by Gasteiger charge is 2.44. The van der Waals surface area contributed by atoms with Gasteiger partial charge < -0.3 is 14.8 Å². The molecule has 0 fully saturated rings. The van der Waals surface area contributed by atoms with Crippen LogP contribution in [0.25, 0.3) is 0 Å². The first-order chi connectivity index (χ1) is 15.8. The van der Waals surface area contributed by atoms with Gasteiger partial charge >= 0.3 is 11.9 Å². The molecule has 0 saturated carbocycles. The monoisotopic (exact) mass is 504 g/mol. The van der Waals surface area contributed by atoms with Crippen LogP contribution in [0.2, 0.25) is 10.0 Å². The van der Waals surface area contributed by atoms with Crippen molar-refractivity contribution in [3.05, 3.63) is 79.8 Å². The van der Waals surface area contributed by atoms with Gasteiger partial charge in [-0.1, -0.05) is 41.4 Å². The number of hydrogen-bond acceptors (Lipinski definition) is 7. The molecule has 7 nitrogen and oxygen atoms in total. The molecule has 0 unspecified atom stereocenters. The molecule has 1 N–H and O–H groups in total. The van der Waals surface area contributed by atoms with Crippen molar-refractivity contribution in [3.63, 3.8) is 0 Å². The van der Waals surface area contributed by atoms with Crippen LogP contribution in [-0.2, 0) is 24.8 Å². The lowest BCUT2D eigenvalue weighted by Gasteiger charge is -2.31. The molecular formula is C23H18Cl2N2O5S. The average Bonchev–Trinajstić information content (AvgIpc) is 2.83. The van der Waals surface area contributed by atoms with Crippen molar-refractivity contribution in [2.24, 2.45) is 5.92 Å². The zero-order chi connectivity index (χ0) is 24.1. The van der Waals surface area contributed by atoms with E-state index in [2.05, 4.69) is 11.4 Å². The lowest BCUT2D eigenvalue weighted by molar-refractivity contribution is -0.150. The molecule has 1 aliphatic rings. The molecule has 0 bridgehead atoms. The fourth-order valence-corrected chi connectivity index (χ4v) is 4.72. The molecule has 0 saturated heterocycles. The van der Waals surface area contributed by atoms with Crippen LogP contribution in [0.3, 0.4) is 0 Å². The average molecular weight is 505 g/mol. The number of allylic oxidation sites excluding steroid dienone is 1. The minimum absolute atomic E-state index is 0.209. The molecule has 1 aliphatic heterocycles. The van der Waals surface area contributed by atoms with E-state index < -0.39 is 29.7 Å². The topological polar surface area (TPSA) is 105 Å². The molecular weight excluding hydrogens is 487 g/mol. The van der Waals surface area contributed by atoms with Crippen LogP contribution in [0.4, 0.5) is 0 Å². The summed E-state index contributed by atoms with van der Waals surface area (Å²) in [6.07, 6.45) is 0. The van der Waals surface area contributed by atoms with Crippen molar-refractivity contribution in [2.45, 2.75) is 11.7 Å². The largest absolute Gasteiger partial charge is 0.468 e. The Morgan fingerprint density at radius 1 is 1.09 bits per heavy atom. The first-order valence-corrected chi connectivity index (χ1v) is 11.3. The second kappa shape index (κ2) is 10.8. The number of thioether (sulfide) groups is 1. The normalized spacial score (nSPS) is 17.7. The summed E-state index contributed by atoms with van der Waals surface area (Å²) in [5.74, 6) is -3.63. The maximum atomic E-state index is 12.9. The highest BCUT2D eigenvalue weighted by atomic mass is 35.5. The van der Waals surface area contributed by atoms with Crippen molar-refractivity contribution in [1.29, 1.82) is 5.26 Å². The van der Waals surface area contributed by atoms with Crippen molar-refractivity contribution >= 4 is 52.8 Å². The zero-order valence-corrected chi connectivity index (χ0v) is 19.9. The van der Waals surface area contributed by atoms with E-state index in [9.17, 15) is 19.6 Å². The minimum atomic E-state index is -1.26. The summed E-state index contributed by atoms with van der Waals surface area (Å²) < 4.78 is 9.54. The number of carbonyl (C=O) groups excluding carboxylic acids is 3. The lowest BCUT2D eigenvalue weighted by Crippen LogP contribution is -2.44. The molecule has 3 rings (SSSR count). The van der Waals surface area contributed by atoms with E-state index in [1.165, 1.54) is 38.1 Å². The molecule has 0 aliphatic carbocycles. The molecule has 0 aromatic heterocycles. The van der Waals surface area contributed by atoms with Gasteiger partial charge in [0.05, 0.1) is 46.5 Å². The van der Waals surface area contributed by atoms with Crippen LogP contribution in [0.15, 0.2) is 53.1 Å². The van der Waals surface area contributed by atoms with Gasteiger partial charge in [0.2, 0.25) is 5.91 Å². The highest BCUT2D eigenvalue weighted by molar-refractivity contribution is 8.02. The van der Waals surface area contributed by atoms with Crippen LogP contribution < -0.4 is 5.32 Å². The minimum Gasteiger partial charge on any atom is -0.468 e. The number of benzene rings is 2. The molecule has 2 aromatic carbocycles. The quantitative estimate of drug-likeness (QED) is 0.457. The van der Waals surface area contributed by atoms with Crippen LogP contribution in [-0.4, -0.2) is 32.1 Å². The number of ether oxygens (including phenoxy) is 2. The summed E-state index contributed by atoms with van der Waals surface area (Å²) in [5, 5.41) is 13.8. The number of carbonyl (C=O) groups is 3. The number of nitrogens with one attached hydrogen (secondary N) is 1. The zero-order valence-electron chi connectivity index (χ0n) is 17.6. The van der Waals surface area contributed by atoms with Crippen molar-refractivity contribution in [3.8, 4) is 6.07 Å². The molecule has 170 valence electrons. The number of hydrogen-bond donors (Lipinski definition) is 1. The molecule has 1 amide bonds. The lowest BCUT2D eigenvalue weighted by atomic mass is 9.78. The molecule has 33 heavy (non-hydrogen) atoms. The van der Waals surface area contributed by atoms with Crippen molar-refractivity contribution in [2.75, 3.05) is 14.2 Å². The third-order valence-electron chi connectivity index (χ3n) is 5.04. The number of nitrogens with zero attached hydrogens (tertiary/aromatic N) is 1. The van der Waals surface area contributed by atoms with E-state index in [-0.39, 0.29) is 5.57 Å². The van der Waals surface area contributed by atoms with Gasteiger partial charge in [0.15, 0.2) is 0 Å². The number of amides is 1. The fourth-order valence-electron chi connectivity index (χ4n) is 3.41. The van der Waals surface area contributed by atoms with Crippen LogP contribution in [0.5, 0.6) is 0 Å². The summed E-state index contributed by atoms with van der Waals surface area (Å²) in [6.45, 7) is 0. The maximum absolute atomic E-state index is 12.9. The Balaban J connectivity index is 2.01. The van der Waals surface area contributed by atoms with Crippen molar-refractivity contribution < 1.29 is 23.9 Å². The number of methoxy groups -OCH3 is 2.